The Morgan fingerprint density at radius 2 is 1.48 bits per heavy atom. The van der Waals surface area contributed by atoms with Gasteiger partial charge in [-0.2, -0.15) is 0 Å². The predicted molar refractivity (Wildman–Crippen MR) is 124 cm³/mol. The summed E-state index contributed by atoms with van der Waals surface area (Å²) in [4.78, 5) is 45.9. The molecule has 0 aliphatic carbocycles. The van der Waals surface area contributed by atoms with Gasteiger partial charge in [0.25, 0.3) is 5.91 Å². The Hall–Kier alpha value is -3.13. The summed E-state index contributed by atoms with van der Waals surface area (Å²) in [7, 11) is 0. The van der Waals surface area contributed by atoms with Crippen molar-refractivity contribution in [2.75, 3.05) is 52.4 Å². The average molecular weight is 453 g/mol. The Bertz CT molecular complexity index is 974. The van der Waals surface area contributed by atoms with Crippen molar-refractivity contribution < 1.29 is 18.8 Å². The van der Waals surface area contributed by atoms with Crippen LogP contribution in [0.25, 0.3) is 0 Å². The maximum atomic E-state index is 13.1. The van der Waals surface area contributed by atoms with Crippen LogP contribution in [0.15, 0.2) is 47.1 Å². The lowest BCUT2D eigenvalue weighted by molar-refractivity contribution is -0.139. The molecule has 3 heterocycles. The molecule has 0 N–H and O–H groups in total. The fourth-order valence-electron chi connectivity index (χ4n) is 4.55. The first-order chi connectivity index (χ1) is 15.9. The Balaban J connectivity index is 1.23. The SMILES string of the molecule is Cc1ccccc1CC(=O)N1CCN(C(C)C(=O)N2CCN(C(=O)c3ccco3)CC2)CC1. The van der Waals surface area contributed by atoms with Gasteiger partial charge >= 0.3 is 0 Å². The molecule has 1 atom stereocenters. The molecule has 33 heavy (non-hydrogen) atoms. The summed E-state index contributed by atoms with van der Waals surface area (Å²) in [5.41, 5.74) is 2.20. The number of amides is 3. The minimum absolute atomic E-state index is 0.0831. The fourth-order valence-corrected chi connectivity index (χ4v) is 4.55. The van der Waals surface area contributed by atoms with Crippen molar-refractivity contribution in [3.05, 3.63) is 59.5 Å². The van der Waals surface area contributed by atoms with Crippen LogP contribution in [0.3, 0.4) is 0 Å². The molecular formula is C25H32N4O4. The van der Waals surface area contributed by atoms with Gasteiger partial charge in [0.05, 0.1) is 18.7 Å². The number of aryl methyl sites for hydroxylation is 1. The van der Waals surface area contributed by atoms with Crippen molar-refractivity contribution in [2.24, 2.45) is 0 Å². The number of furan rings is 1. The molecule has 2 aliphatic rings. The highest BCUT2D eigenvalue weighted by Gasteiger charge is 2.32. The van der Waals surface area contributed by atoms with Crippen LogP contribution < -0.4 is 0 Å². The van der Waals surface area contributed by atoms with E-state index in [2.05, 4.69) is 4.90 Å². The molecule has 0 saturated carbocycles. The van der Waals surface area contributed by atoms with Crippen LogP contribution in [0, 0.1) is 6.92 Å². The van der Waals surface area contributed by atoms with Gasteiger partial charge in [0, 0.05) is 52.4 Å². The average Bonchev–Trinajstić information content (AvgIpc) is 3.39. The molecule has 8 heteroatoms. The number of piperazine rings is 2. The van der Waals surface area contributed by atoms with Gasteiger partial charge in [0.1, 0.15) is 0 Å². The number of nitrogens with zero attached hydrogens (tertiary/aromatic N) is 4. The van der Waals surface area contributed by atoms with Gasteiger partial charge in [0.15, 0.2) is 5.76 Å². The first kappa shape index (κ1) is 23.0. The normalized spacial score (nSPS) is 18.3. The van der Waals surface area contributed by atoms with Gasteiger partial charge in [0.2, 0.25) is 11.8 Å². The maximum Gasteiger partial charge on any atom is 0.289 e. The van der Waals surface area contributed by atoms with E-state index >= 15 is 0 Å². The summed E-state index contributed by atoms with van der Waals surface area (Å²) in [6.45, 7) is 8.63. The molecule has 1 aromatic heterocycles. The molecule has 2 fully saturated rings. The van der Waals surface area contributed by atoms with Gasteiger partial charge in [-0.25, -0.2) is 0 Å². The molecule has 0 spiro atoms. The van der Waals surface area contributed by atoms with Crippen molar-refractivity contribution in [1.29, 1.82) is 0 Å². The largest absolute Gasteiger partial charge is 0.459 e. The number of carbonyl (C=O) groups is 3. The number of hydrogen-bond donors (Lipinski definition) is 0. The van der Waals surface area contributed by atoms with Crippen molar-refractivity contribution in [3.63, 3.8) is 0 Å². The first-order valence-corrected chi connectivity index (χ1v) is 11.6. The van der Waals surface area contributed by atoms with E-state index in [1.54, 1.807) is 17.0 Å². The molecule has 2 saturated heterocycles. The summed E-state index contributed by atoms with van der Waals surface area (Å²) >= 11 is 0. The van der Waals surface area contributed by atoms with Crippen LogP contribution in [0.5, 0.6) is 0 Å². The monoisotopic (exact) mass is 452 g/mol. The van der Waals surface area contributed by atoms with Gasteiger partial charge in [-0.05, 0) is 37.1 Å². The smallest absolute Gasteiger partial charge is 0.289 e. The van der Waals surface area contributed by atoms with Gasteiger partial charge < -0.3 is 19.1 Å². The first-order valence-electron chi connectivity index (χ1n) is 11.6. The molecule has 8 nitrogen and oxygen atoms in total. The number of carbonyl (C=O) groups excluding carboxylic acids is 3. The van der Waals surface area contributed by atoms with Crippen molar-refractivity contribution in [1.82, 2.24) is 19.6 Å². The summed E-state index contributed by atoms with van der Waals surface area (Å²) in [5, 5.41) is 0. The van der Waals surface area contributed by atoms with Crippen LogP contribution in [0.4, 0.5) is 0 Å². The number of hydrogen-bond acceptors (Lipinski definition) is 5. The molecule has 0 radical (unpaired) electrons. The molecular weight excluding hydrogens is 420 g/mol. The Morgan fingerprint density at radius 3 is 2.12 bits per heavy atom. The van der Waals surface area contributed by atoms with Crippen LogP contribution in [0.1, 0.15) is 28.6 Å². The third kappa shape index (κ3) is 5.27. The van der Waals surface area contributed by atoms with Gasteiger partial charge in [-0.1, -0.05) is 24.3 Å². The Morgan fingerprint density at radius 1 is 0.848 bits per heavy atom. The summed E-state index contributed by atoms with van der Waals surface area (Å²) in [6.07, 6.45) is 1.91. The topological polar surface area (TPSA) is 77.3 Å². The van der Waals surface area contributed by atoms with Crippen LogP contribution in [-0.2, 0) is 16.0 Å². The van der Waals surface area contributed by atoms with E-state index in [9.17, 15) is 14.4 Å². The van der Waals surface area contributed by atoms with Gasteiger partial charge in [-0.3, -0.25) is 19.3 Å². The lowest BCUT2D eigenvalue weighted by Gasteiger charge is -2.41. The second-order valence-electron chi connectivity index (χ2n) is 8.79. The highest BCUT2D eigenvalue weighted by atomic mass is 16.3. The van der Waals surface area contributed by atoms with E-state index in [4.69, 9.17) is 4.42 Å². The Kier molecular flexibility index (Phi) is 7.13. The predicted octanol–water partition coefficient (Wildman–Crippen LogP) is 1.65. The number of benzene rings is 1. The molecule has 2 aliphatic heterocycles. The zero-order valence-corrected chi connectivity index (χ0v) is 19.4. The zero-order valence-electron chi connectivity index (χ0n) is 19.4. The highest BCUT2D eigenvalue weighted by Crippen LogP contribution is 2.15. The van der Waals surface area contributed by atoms with Crippen LogP contribution in [-0.4, -0.2) is 95.7 Å². The summed E-state index contributed by atoms with van der Waals surface area (Å²) in [5.74, 6) is 0.421. The number of rotatable bonds is 5. The molecule has 0 bridgehead atoms. The molecule has 3 amide bonds. The standard InChI is InChI=1S/C25H32N4O4/c1-19-6-3-4-7-21(19)18-23(30)27-11-9-26(10-12-27)20(2)24(31)28-13-15-29(16-14-28)25(32)22-8-5-17-33-22/h3-8,17,20H,9-16,18H2,1-2H3. The summed E-state index contributed by atoms with van der Waals surface area (Å²) in [6, 6.07) is 11.1. The van der Waals surface area contributed by atoms with E-state index in [0.717, 1.165) is 11.1 Å². The van der Waals surface area contributed by atoms with E-state index in [1.165, 1.54) is 6.26 Å². The minimum atomic E-state index is -0.244. The molecule has 2 aromatic rings. The van der Waals surface area contributed by atoms with E-state index in [-0.39, 0.29) is 23.8 Å². The fraction of sp³-hybridized carbons (Fsp3) is 0.480. The molecule has 1 aromatic carbocycles. The quantitative estimate of drug-likeness (QED) is 0.690. The highest BCUT2D eigenvalue weighted by molar-refractivity contribution is 5.91. The van der Waals surface area contributed by atoms with E-state index < -0.39 is 0 Å². The van der Waals surface area contributed by atoms with Crippen molar-refractivity contribution >= 4 is 17.7 Å². The molecule has 4 rings (SSSR count). The second kappa shape index (κ2) is 10.2. The van der Waals surface area contributed by atoms with E-state index in [1.807, 2.05) is 47.9 Å². The van der Waals surface area contributed by atoms with Crippen LogP contribution >= 0.6 is 0 Å². The third-order valence-corrected chi connectivity index (χ3v) is 6.79. The Labute approximate surface area is 194 Å². The molecule has 176 valence electrons. The summed E-state index contributed by atoms with van der Waals surface area (Å²) < 4.78 is 5.20. The lowest BCUT2D eigenvalue weighted by Crippen LogP contribution is -2.58. The van der Waals surface area contributed by atoms with Gasteiger partial charge in [-0.15, -0.1) is 0 Å². The van der Waals surface area contributed by atoms with E-state index in [0.29, 0.717) is 64.5 Å². The molecule has 1 unspecified atom stereocenters. The van der Waals surface area contributed by atoms with Crippen LogP contribution in [0.2, 0.25) is 0 Å². The third-order valence-electron chi connectivity index (χ3n) is 6.79. The zero-order chi connectivity index (χ0) is 23.4. The van der Waals surface area contributed by atoms with Crippen molar-refractivity contribution in [2.45, 2.75) is 26.3 Å². The lowest BCUT2D eigenvalue weighted by atomic mass is 10.0. The van der Waals surface area contributed by atoms with Crippen molar-refractivity contribution in [3.8, 4) is 0 Å². The minimum Gasteiger partial charge on any atom is -0.459 e. The second-order valence-corrected chi connectivity index (χ2v) is 8.79. The maximum absolute atomic E-state index is 13.1.